The number of pyridine rings is 1. The fourth-order valence-corrected chi connectivity index (χ4v) is 14.2. The normalized spacial score (nSPS) is 35.4. The number of methoxy groups -OCH3 is 1. The third kappa shape index (κ3) is 11.3. The number of likely N-dealkylation sites (N-methyl/N-ethyl adjacent to an activating group) is 1. The van der Waals surface area contributed by atoms with Crippen LogP contribution < -0.4 is 5.73 Å². The molecule has 0 unspecified atom stereocenters. The van der Waals surface area contributed by atoms with Crippen LogP contribution in [0.3, 0.4) is 0 Å². The van der Waals surface area contributed by atoms with Gasteiger partial charge in [0.1, 0.15) is 35.5 Å². The fourth-order valence-electron chi connectivity index (χ4n) is 10.6. The molecule has 3 aliphatic heterocycles. The van der Waals surface area contributed by atoms with E-state index in [9.17, 15) is 14.4 Å². The number of fused-ring (bicyclic) bond motifs is 1. The minimum Gasteiger partial charge on any atom is -0.458 e. The van der Waals surface area contributed by atoms with E-state index in [1.165, 1.54) is 25.4 Å². The molecule has 3 fully saturated rings. The molecule has 374 valence electrons. The number of oxime groups is 1. The lowest BCUT2D eigenvalue weighted by atomic mass is 9.67. The number of aromatic nitrogens is 3. The van der Waals surface area contributed by atoms with Gasteiger partial charge in [-0.05, 0) is 98.2 Å². The van der Waals surface area contributed by atoms with Crippen LogP contribution in [0.2, 0.25) is 18.1 Å². The quantitative estimate of drug-likeness (QED) is 0.0469. The Morgan fingerprint density at radius 1 is 0.985 bits per heavy atom. The second kappa shape index (κ2) is 22.4. The third-order valence-corrected chi connectivity index (χ3v) is 20.7. The number of carbonyl (C=O) groups is 4. The Morgan fingerprint density at radius 2 is 1.66 bits per heavy atom. The van der Waals surface area contributed by atoms with Crippen LogP contribution in [0, 0.1) is 35.5 Å². The second-order valence-corrected chi connectivity index (χ2v) is 25.3. The summed E-state index contributed by atoms with van der Waals surface area (Å²) in [5.74, 6) is -8.57. The number of carbonyl (C=O) groups excluding carboxylic acids is 4. The summed E-state index contributed by atoms with van der Waals surface area (Å²) in [6.45, 7) is 22.2. The smallest absolute Gasteiger partial charge is 0.317 e. The molecule has 0 bridgehead atoms. The highest BCUT2D eigenvalue weighted by atomic mass is 32.1. The average Bonchev–Trinajstić information content (AvgIpc) is 3.92. The molecule has 15 atom stereocenters. The number of amidine groups is 1. The summed E-state index contributed by atoms with van der Waals surface area (Å²) in [7, 11) is 3.33. The molecule has 19 heteroatoms. The lowest BCUT2D eigenvalue weighted by Gasteiger charge is -2.50. The van der Waals surface area contributed by atoms with Gasteiger partial charge in [0.05, 0.1) is 17.8 Å². The SMILES string of the molecule is CC[C@@H]1OC(=O)[C@H](C)C(=O)[C@H](C)[C@@H](O[C@@H]2O[C@@H](C)C[C@H](N(C)C)[C@H]2O[Si](CC)(CC)CC)[C@](C)(OC)C[C@@H](C)C(=O)[C@H](C)[C@H]2[C@H](/C(N)=N/O[C@@H](C)c3nnc(-c4ccccn4)s3)C(=O)O[C@@]21C. The molecular weight excluding hydrogens is 897 g/mol. The van der Waals surface area contributed by atoms with Gasteiger partial charge in [-0.2, -0.15) is 0 Å². The van der Waals surface area contributed by atoms with Crippen molar-refractivity contribution in [3.8, 4) is 10.7 Å². The van der Waals surface area contributed by atoms with Crippen LogP contribution in [0.15, 0.2) is 29.6 Å². The zero-order valence-electron chi connectivity index (χ0n) is 42.3. The van der Waals surface area contributed by atoms with Crippen molar-refractivity contribution in [3.05, 3.63) is 29.4 Å². The molecule has 67 heavy (non-hydrogen) atoms. The molecule has 0 aromatic carbocycles. The first-order valence-electron chi connectivity index (χ1n) is 24.0. The summed E-state index contributed by atoms with van der Waals surface area (Å²) in [5.41, 5.74) is 4.46. The number of esters is 2. The van der Waals surface area contributed by atoms with Crippen molar-refractivity contribution in [2.24, 2.45) is 46.4 Å². The molecule has 2 aromatic rings. The summed E-state index contributed by atoms with van der Waals surface area (Å²) >= 11 is 1.27. The van der Waals surface area contributed by atoms with Gasteiger partial charge in [-0.15, -0.1) is 10.2 Å². The van der Waals surface area contributed by atoms with Crippen molar-refractivity contribution in [2.45, 2.75) is 175 Å². The Labute approximate surface area is 402 Å². The number of nitrogens with two attached hydrogens (primary N) is 1. The van der Waals surface area contributed by atoms with Crippen molar-refractivity contribution in [3.63, 3.8) is 0 Å². The van der Waals surface area contributed by atoms with E-state index in [2.05, 4.69) is 46.0 Å². The van der Waals surface area contributed by atoms with Gasteiger partial charge in [0.25, 0.3) is 0 Å². The van der Waals surface area contributed by atoms with E-state index < -0.39 is 103 Å². The average molecular weight is 973 g/mol. The van der Waals surface area contributed by atoms with E-state index in [0.717, 1.165) is 18.1 Å². The first-order chi connectivity index (χ1) is 31.5. The van der Waals surface area contributed by atoms with E-state index in [0.29, 0.717) is 22.1 Å². The van der Waals surface area contributed by atoms with Gasteiger partial charge >= 0.3 is 11.9 Å². The number of ether oxygens (including phenoxy) is 5. The number of hydrogen-bond acceptors (Lipinski definition) is 17. The molecule has 5 heterocycles. The molecule has 2 aromatic heterocycles. The van der Waals surface area contributed by atoms with Crippen LogP contribution in [0.1, 0.15) is 113 Å². The molecular formula is C48H76N6O11SSi. The molecule has 0 radical (unpaired) electrons. The Balaban J connectivity index is 1.54. The molecule has 2 N–H and O–H groups in total. The Bertz CT molecular complexity index is 2050. The van der Waals surface area contributed by atoms with Crippen molar-refractivity contribution in [1.82, 2.24) is 20.1 Å². The summed E-state index contributed by atoms with van der Waals surface area (Å²) in [4.78, 5) is 70.6. The predicted molar refractivity (Wildman–Crippen MR) is 256 cm³/mol. The highest BCUT2D eigenvalue weighted by molar-refractivity contribution is 7.14. The van der Waals surface area contributed by atoms with Gasteiger partial charge in [0, 0.05) is 43.0 Å². The van der Waals surface area contributed by atoms with Gasteiger partial charge in [0.2, 0.25) is 0 Å². The van der Waals surface area contributed by atoms with Crippen LogP contribution in [0.4, 0.5) is 0 Å². The molecule has 17 nitrogen and oxygen atoms in total. The number of hydrogen-bond donors (Lipinski definition) is 1. The van der Waals surface area contributed by atoms with Crippen LogP contribution in [-0.2, 0) is 52.1 Å². The van der Waals surface area contributed by atoms with Gasteiger partial charge in [-0.1, -0.05) is 71.0 Å². The maximum absolute atomic E-state index is 15.1. The number of nitrogens with zero attached hydrogens (tertiary/aromatic N) is 5. The molecule has 0 aliphatic carbocycles. The second-order valence-electron chi connectivity index (χ2n) is 19.6. The van der Waals surface area contributed by atoms with Gasteiger partial charge in [0.15, 0.2) is 47.9 Å². The van der Waals surface area contributed by atoms with Crippen LogP contribution >= 0.6 is 11.3 Å². The van der Waals surface area contributed by atoms with Crippen molar-refractivity contribution < 1.29 is 52.1 Å². The molecule has 3 saturated heterocycles. The fraction of sp³-hybridized carbons (Fsp3) is 0.750. The van der Waals surface area contributed by atoms with E-state index in [1.54, 1.807) is 53.8 Å². The lowest BCUT2D eigenvalue weighted by molar-refractivity contribution is -0.292. The number of rotatable bonds is 15. The monoisotopic (exact) mass is 973 g/mol. The zero-order chi connectivity index (χ0) is 49.8. The van der Waals surface area contributed by atoms with Gasteiger partial charge < -0.3 is 43.6 Å². The minimum absolute atomic E-state index is 0.0672. The first kappa shape index (κ1) is 54.2. The number of Topliss-reactive ketones (excluding diaryl/α,β-unsaturated/α-hetero) is 2. The zero-order valence-corrected chi connectivity index (χ0v) is 44.1. The van der Waals surface area contributed by atoms with Gasteiger partial charge in [-0.3, -0.25) is 24.2 Å². The Kier molecular flexibility index (Phi) is 18.1. The highest BCUT2D eigenvalue weighted by Gasteiger charge is 2.63. The molecule has 5 rings (SSSR count). The molecule has 3 aliphatic rings. The Hall–Kier alpha value is -3.72. The predicted octanol–water partition coefficient (Wildman–Crippen LogP) is 7.15. The maximum Gasteiger partial charge on any atom is 0.317 e. The standard InChI is InChI=1S/C48H76N6O11SSi/c1-16-34-48(12)36(35(45(58)63-48)41(49)53-64-31(10)42-51-52-43(66-42)32-22-20-21-23-50-32)28(7)37(55)26(5)25-47(11,59-15)40(29(8)38(56)30(9)44(57)61-34)62-46-39(65-67(17-2,18-3)19-4)33(54(13)14)24-27(6)60-46/h20-23,26-31,33-36,39-40,46H,16-19,24-25H2,1-15H3,(H2,49,53)/t26-,27+,28-,29+,30-,31+,33+,34+,35-,36+,39-,40-,46+,47-,48-/m1/s1. The van der Waals surface area contributed by atoms with Crippen LogP contribution in [-0.4, -0.2) is 127 Å². The first-order valence-corrected chi connectivity index (χ1v) is 27.3. The molecule has 0 saturated carbocycles. The van der Waals surface area contributed by atoms with Crippen LogP contribution in [0.5, 0.6) is 0 Å². The summed E-state index contributed by atoms with van der Waals surface area (Å²) in [6.07, 6.45) is -1.80. The summed E-state index contributed by atoms with van der Waals surface area (Å²) < 4.78 is 39.8. The highest BCUT2D eigenvalue weighted by Crippen LogP contribution is 2.48. The number of cyclic esters (lactones) is 1. The van der Waals surface area contributed by atoms with E-state index in [-0.39, 0.29) is 36.6 Å². The van der Waals surface area contributed by atoms with Crippen molar-refractivity contribution in [2.75, 3.05) is 21.2 Å². The van der Waals surface area contributed by atoms with E-state index >= 15 is 4.79 Å². The molecule has 0 spiro atoms. The van der Waals surface area contributed by atoms with Crippen molar-refractivity contribution in [1.29, 1.82) is 0 Å². The molecule has 0 amide bonds. The summed E-state index contributed by atoms with van der Waals surface area (Å²) in [6, 6.07) is 8.13. The van der Waals surface area contributed by atoms with E-state index in [1.807, 2.05) is 40.1 Å². The topological polar surface area (TPSA) is 213 Å². The van der Waals surface area contributed by atoms with Crippen LogP contribution in [0.25, 0.3) is 10.7 Å². The summed E-state index contributed by atoms with van der Waals surface area (Å²) in [5, 5.41) is 13.8. The minimum atomic E-state index is -2.24. The largest absolute Gasteiger partial charge is 0.458 e. The third-order valence-electron chi connectivity index (χ3n) is 15.0. The van der Waals surface area contributed by atoms with Gasteiger partial charge in [-0.25, -0.2) is 0 Å². The Morgan fingerprint density at radius 3 is 2.24 bits per heavy atom. The van der Waals surface area contributed by atoms with Crippen molar-refractivity contribution >= 4 is 49.0 Å². The lowest BCUT2D eigenvalue weighted by Crippen LogP contribution is -2.62. The number of ketones is 2. The van der Waals surface area contributed by atoms with E-state index in [4.69, 9.17) is 38.7 Å². The maximum atomic E-state index is 15.1.